The number of hydrogen-bond acceptors (Lipinski definition) is 4. The van der Waals surface area contributed by atoms with Crippen molar-refractivity contribution < 1.29 is 14.3 Å². The molecule has 5 nitrogen and oxygen atoms in total. The van der Waals surface area contributed by atoms with E-state index in [0.717, 1.165) is 21.4 Å². The molecule has 0 aliphatic heterocycles. The van der Waals surface area contributed by atoms with Crippen molar-refractivity contribution in [1.82, 2.24) is 10.3 Å². The first-order valence-corrected chi connectivity index (χ1v) is 9.52. The molecule has 0 saturated heterocycles. The van der Waals surface area contributed by atoms with Gasteiger partial charge >= 0.3 is 5.97 Å². The highest BCUT2D eigenvalue weighted by atomic mass is 32.2. The minimum absolute atomic E-state index is 0.281. The van der Waals surface area contributed by atoms with Gasteiger partial charge in [-0.25, -0.2) is 4.79 Å². The van der Waals surface area contributed by atoms with Crippen LogP contribution in [0.3, 0.4) is 0 Å². The van der Waals surface area contributed by atoms with E-state index in [1.165, 1.54) is 0 Å². The first-order valence-electron chi connectivity index (χ1n) is 8.30. The highest BCUT2D eigenvalue weighted by molar-refractivity contribution is 7.98. The van der Waals surface area contributed by atoms with Gasteiger partial charge in [-0.05, 0) is 48.6 Å². The largest absolute Gasteiger partial charge is 0.452 e. The number of carbonyl (C=O) groups excluding carboxylic acids is 2. The maximum absolute atomic E-state index is 11.9. The van der Waals surface area contributed by atoms with Gasteiger partial charge in [-0.1, -0.05) is 18.2 Å². The van der Waals surface area contributed by atoms with Gasteiger partial charge < -0.3 is 15.0 Å². The van der Waals surface area contributed by atoms with Crippen LogP contribution in [0.1, 0.15) is 15.9 Å². The van der Waals surface area contributed by atoms with Crippen LogP contribution in [0, 0.1) is 0 Å². The summed E-state index contributed by atoms with van der Waals surface area (Å²) in [6.07, 6.45) is 4.63. The molecule has 0 aliphatic rings. The van der Waals surface area contributed by atoms with Crippen LogP contribution < -0.4 is 5.32 Å². The molecule has 0 unspecified atom stereocenters. The first-order chi connectivity index (χ1) is 12.7. The molecule has 0 aliphatic carbocycles. The zero-order valence-electron chi connectivity index (χ0n) is 14.5. The van der Waals surface area contributed by atoms with Crippen LogP contribution in [-0.4, -0.2) is 36.3 Å². The van der Waals surface area contributed by atoms with Crippen LogP contribution in [-0.2, 0) is 16.0 Å². The molecule has 0 atom stereocenters. The van der Waals surface area contributed by atoms with E-state index in [-0.39, 0.29) is 12.5 Å². The standard InChI is InChI=1S/C20H20N2O3S/c1-26-16-8-6-14(7-9-16)20(24)25-13-19(23)21-11-10-15-12-22-18-5-3-2-4-17(15)18/h2-9,12,22H,10-11,13H2,1H3,(H,21,23). The Kier molecular flexibility index (Phi) is 5.96. The Morgan fingerprint density at radius 3 is 2.65 bits per heavy atom. The third-order valence-electron chi connectivity index (χ3n) is 4.05. The second-order valence-electron chi connectivity index (χ2n) is 5.76. The van der Waals surface area contributed by atoms with Gasteiger partial charge in [0.2, 0.25) is 0 Å². The van der Waals surface area contributed by atoms with E-state index in [9.17, 15) is 9.59 Å². The van der Waals surface area contributed by atoms with E-state index in [0.29, 0.717) is 18.5 Å². The van der Waals surface area contributed by atoms with Crippen molar-refractivity contribution in [1.29, 1.82) is 0 Å². The SMILES string of the molecule is CSc1ccc(C(=O)OCC(=O)NCCc2c[nH]c3ccccc23)cc1. The summed E-state index contributed by atoms with van der Waals surface area (Å²) in [5, 5.41) is 3.93. The van der Waals surface area contributed by atoms with Gasteiger partial charge in [0.1, 0.15) is 0 Å². The minimum atomic E-state index is -0.496. The van der Waals surface area contributed by atoms with E-state index >= 15 is 0 Å². The van der Waals surface area contributed by atoms with Gasteiger partial charge in [0.15, 0.2) is 6.61 Å². The highest BCUT2D eigenvalue weighted by Gasteiger charge is 2.10. The van der Waals surface area contributed by atoms with E-state index < -0.39 is 5.97 Å². The van der Waals surface area contributed by atoms with Gasteiger partial charge in [-0.2, -0.15) is 0 Å². The monoisotopic (exact) mass is 368 g/mol. The fourth-order valence-corrected chi connectivity index (χ4v) is 3.08. The molecule has 0 saturated carbocycles. The zero-order chi connectivity index (χ0) is 18.4. The second kappa shape index (κ2) is 8.58. The number of hydrogen-bond donors (Lipinski definition) is 2. The predicted molar refractivity (Wildman–Crippen MR) is 104 cm³/mol. The number of ether oxygens (including phenoxy) is 1. The molecule has 1 heterocycles. The molecule has 0 bridgehead atoms. The summed E-state index contributed by atoms with van der Waals surface area (Å²) in [6, 6.07) is 15.1. The Morgan fingerprint density at radius 2 is 1.88 bits per heavy atom. The molecule has 3 rings (SSSR count). The average molecular weight is 368 g/mol. The predicted octanol–water partition coefficient (Wildman–Crippen LogP) is 3.41. The maximum atomic E-state index is 11.9. The summed E-state index contributed by atoms with van der Waals surface area (Å²) in [6.45, 7) is 0.206. The lowest BCUT2D eigenvalue weighted by atomic mass is 10.1. The number of rotatable bonds is 7. The molecule has 2 N–H and O–H groups in total. The molecule has 0 radical (unpaired) electrons. The molecule has 3 aromatic rings. The van der Waals surface area contributed by atoms with E-state index in [2.05, 4.69) is 10.3 Å². The third-order valence-corrected chi connectivity index (χ3v) is 4.80. The van der Waals surface area contributed by atoms with E-state index in [1.807, 2.05) is 48.9 Å². The highest BCUT2D eigenvalue weighted by Crippen LogP contribution is 2.17. The van der Waals surface area contributed by atoms with Crippen LogP contribution in [0.15, 0.2) is 59.6 Å². The average Bonchev–Trinajstić information content (AvgIpc) is 3.09. The van der Waals surface area contributed by atoms with Crippen molar-refractivity contribution in [3.05, 3.63) is 65.9 Å². The van der Waals surface area contributed by atoms with Gasteiger partial charge in [-0.3, -0.25) is 4.79 Å². The fraction of sp³-hybridized carbons (Fsp3) is 0.200. The summed E-state index contributed by atoms with van der Waals surface area (Å²) >= 11 is 1.60. The van der Waals surface area contributed by atoms with Crippen LogP contribution in [0.25, 0.3) is 10.9 Å². The van der Waals surface area contributed by atoms with Crippen molar-refractivity contribution in [2.45, 2.75) is 11.3 Å². The molecule has 0 spiro atoms. The lowest BCUT2D eigenvalue weighted by Crippen LogP contribution is -2.30. The number of fused-ring (bicyclic) bond motifs is 1. The summed E-state index contributed by atoms with van der Waals surface area (Å²) < 4.78 is 5.06. The van der Waals surface area contributed by atoms with Crippen LogP contribution >= 0.6 is 11.8 Å². The molecule has 134 valence electrons. The maximum Gasteiger partial charge on any atom is 0.338 e. The van der Waals surface area contributed by atoms with Crippen molar-refractivity contribution >= 4 is 34.5 Å². The number of esters is 1. The van der Waals surface area contributed by atoms with Crippen molar-refractivity contribution in [2.75, 3.05) is 19.4 Å². The Hall–Kier alpha value is -2.73. The number of amides is 1. The Balaban J connectivity index is 1.43. The molecule has 0 fully saturated rings. The zero-order valence-corrected chi connectivity index (χ0v) is 15.3. The van der Waals surface area contributed by atoms with Gasteiger partial charge in [0.05, 0.1) is 5.56 Å². The van der Waals surface area contributed by atoms with E-state index in [1.54, 1.807) is 23.9 Å². The Bertz CT molecular complexity index is 903. The molecule has 2 aromatic carbocycles. The Labute approximate surface area is 156 Å². The number of aromatic amines is 1. The number of aromatic nitrogens is 1. The van der Waals surface area contributed by atoms with Crippen LogP contribution in [0.5, 0.6) is 0 Å². The van der Waals surface area contributed by atoms with Gasteiger partial charge in [0.25, 0.3) is 5.91 Å². The van der Waals surface area contributed by atoms with Gasteiger partial charge in [0, 0.05) is 28.5 Å². The van der Waals surface area contributed by atoms with Crippen LogP contribution in [0.4, 0.5) is 0 Å². The fourth-order valence-electron chi connectivity index (χ4n) is 2.67. The number of carbonyl (C=O) groups is 2. The smallest absolute Gasteiger partial charge is 0.338 e. The number of H-pyrrole nitrogens is 1. The number of thioether (sulfide) groups is 1. The van der Waals surface area contributed by atoms with Crippen LogP contribution in [0.2, 0.25) is 0 Å². The second-order valence-corrected chi connectivity index (χ2v) is 6.64. The normalized spacial score (nSPS) is 10.7. The first kappa shape index (κ1) is 18.1. The summed E-state index contributed by atoms with van der Waals surface area (Å²) in [5.41, 5.74) is 2.66. The lowest BCUT2D eigenvalue weighted by Gasteiger charge is -2.07. The number of para-hydroxylation sites is 1. The summed E-state index contributed by atoms with van der Waals surface area (Å²) in [7, 11) is 0. The molecule has 1 aromatic heterocycles. The van der Waals surface area contributed by atoms with Crippen molar-refractivity contribution in [2.24, 2.45) is 0 Å². The quantitative estimate of drug-likeness (QED) is 0.495. The summed E-state index contributed by atoms with van der Waals surface area (Å²) in [4.78, 5) is 28.1. The molecule has 26 heavy (non-hydrogen) atoms. The van der Waals surface area contributed by atoms with Crippen molar-refractivity contribution in [3.63, 3.8) is 0 Å². The van der Waals surface area contributed by atoms with Crippen molar-refractivity contribution in [3.8, 4) is 0 Å². The molecule has 1 amide bonds. The van der Waals surface area contributed by atoms with E-state index in [4.69, 9.17) is 4.74 Å². The molecular weight excluding hydrogens is 348 g/mol. The third kappa shape index (κ3) is 4.46. The molecular formula is C20H20N2O3S. The molecule has 6 heteroatoms. The number of nitrogens with one attached hydrogen (secondary N) is 2. The Morgan fingerprint density at radius 1 is 1.12 bits per heavy atom. The minimum Gasteiger partial charge on any atom is -0.452 e. The lowest BCUT2D eigenvalue weighted by molar-refractivity contribution is -0.124. The summed E-state index contributed by atoms with van der Waals surface area (Å²) in [5.74, 6) is -0.802. The number of benzene rings is 2. The van der Waals surface area contributed by atoms with Gasteiger partial charge in [-0.15, -0.1) is 11.8 Å². The topological polar surface area (TPSA) is 71.2 Å².